The van der Waals surface area contributed by atoms with E-state index in [4.69, 9.17) is 11.6 Å². The lowest BCUT2D eigenvalue weighted by atomic mass is 10.2. The zero-order valence-corrected chi connectivity index (χ0v) is 13.1. The van der Waals surface area contributed by atoms with Crippen LogP contribution >= 0.6 is 11.6 Å². The van der Waals surface area contributed by atoms with Gasteiger partial charge in [0.2, 0.25) is 0 Å². The van der Waals surface area contributed by atoms with E-state index in [-0.39, 0.29) is 5.82 Å². The highest BCUT2D eigenvalue weighted by atomic mass is 35.5. The number of halogens is 2. The molecule has 0 aromatic heterocycles. The van der Waals surface area contributed by atoms with Crippen molar-refractivity contribution in [1.82, 2.24) is 0 Å². The molecule has 21 heavy (non-hydrogen) atoms. The van der Waals surface area contributed by atoms with Gasteiger partial charge in [-0.3, -0.25) is 0 Å². The van der Waals surface area contributed by atoms with Crippen molar-refractivity contribution >= 4 is 23.0 Å². The van der Waals surface area contributed by atoms with E-state index in [9.17, 15) is 4.39 Å². The summed E-state index contributed by atoms with van der Waals surface area (Å²) in [6.07, 6.45) is 0. The van der Waals surface area contributed by atoms with Crippen molar-refractivity contribution < 1.29 is 4.39 Å². The molecule has 0 bridgehead atoms. The van der Waals surface area contributed by atoms with E-state index < -0.39 is 0 Å². The van der Waals surface area contributed by atoms with Crippen LogP contribution in [-0.2, 0) is 6.54 Å². The number of benzene rings is 2. The van der Waals surface area contributed by atoms with E-state index in [1.54, 1.807) is 6.07 Å². The summed E-state index contributed by atoms with van der Waals surface area (Å²) in [6.45, 7) is 6.95. The Kier molecular flexibility index (Phi) is 5.45. The minimum Gasteiger partial charge on any atom is -0.380 e. The van der Waals surface area contributed by atoms with Crippen molar-refractivity contribution in [2.45, 2.75) is 20.4 Å². The van der Waals surface area contributed by atoms with Gasteiger partial charge in [0, 0.05) is 25.3 Å². The second kappa shape index (κ2) is 7.32. The molecule has 0 saturated carbocycles. The fraction of sp³-hybridized carbons (Fsp3) is 0.294. The van der Waals surface area contributed by atoms with Gasteiger partial charge in [0.1, 0.15) is 5.82 Å². The molecule has 0 spiro atoms. The van der Waals surface area contributed by atoms with Gasteiger partial charge in [-0.1, -0.05) is 23.7 Å². The summed E-state index contributed by atoms with van der Waals surface area (Å²) in [4.78, 5) is 2.30. The maximum absolute atomic E-state index is 13.0. The molecule has 2 nitrogen and oxygen atoms in total. The first-order valence-corrected chi connectivity index (χ1v) is 7.54. The molecule has 0 heterocycles. The van der Waals surface area contributed by atoms with Crippen LogP contribution in [0.3, 0.4) is 0 Å². The Morgan fingerprint density at radius 3 is 2.29 bits per heavy atom. The molecular weight excluding hydrogens is 287 g/mol. The molecule has 0 atom stereocenters. The average Bonchev–Trinajstić information content (AvgIpc) is 2.49. The molecule has 4 heteroatoms. The van der Waals surface area contributed by atoms with Crippen LogP contribution in [0.4, 0.5) is 15.8 Å². The van der Waals surface area contributed by atoms with Crippen LogP contribution in [0.15, 0.2) is 42.5 Å². The van der Waals surface area contributed by atoms with Gasteiger partial charge in [0.25, 0.3) is 0 Å². The number of nitrogens with one attached hydrogen (secondary N) is 1. The molecule has 0 aliphatic carbocycles. The molecule has 0 aliphatic heterocycles. The van der Waals surface area contributed by atoms with E-state index in [2.05, 4.69) is 48.3 Å². The van der Waals surface area contributed by atoms with Crippen LogP contribution in [0.2, 0.25) is 5.02 Å². The van der Waals surface area contributed by atoms with Gasteiger partial charge in [0.05, 0.1) is 10.7 Å². The van der Waals surface area contributed by atoms with Crippen LogP contribution in [0.25, 0.3) is 0 Å². The Hall–Kier alpha value is -1.74. The molecular formula is C17H20ClFN2. The molecule has 0 amide bonds. The minimum atomic E-state index is -0.325. The van der Waals surface area contributed by atoms with Crippen molar-refractivity contribution in [2.75, 3.05) is 23.3 Å². The second-order valence-electron chi connectivity index (χ2n) is 4.82. The molecule has 1 N–H and O–H groups in total. The van der Waals surface area contributed by atoms with Gasteiger partial charge < -0.3 is 10.2 Å². The third-order valence-electron chi connectivity index (χ3n) is 3.48. The average molecular weight is 307 g/mol. The van der Waals surface area contributed by atoms with E-state index in [0.29, 0.717) is 11.6 Å². The van der Waals surface area contributed by atoms with Gasteiger partial charge in [0.15, 0.2) is 0 Å². The molecule has 0 fully saturated rings. The predicted molar refractivity (Wildman–Crippen MR) is 88.7 cm³/mol. The summed E-state index contributed by atoms with van der Waals surface area (Å²) in [7, 11) is 0. The highest BCUT2D eigenvalue weighted by molar-refractivity contribution is 6.33. The first kappa shape index (κ1) is 15.6. The van der Waals surface area contributed by atoms with Crippen molar-refractivity contribution in [1.29, 1.82) is 0 Å². The zero-order valence-electron chi connectivity index (χ0n) is 12.4. The van der Waals surface area contributed by atoms with E-state index in [1.165, 1.54) is 17.8 Å². The highest BCUT2D eigenvalue weighted by Gasteiger charge is 2.03. The molecule has 0 saturated heterocycles. The zero-order chi connectivity index (χ0) is 15.2. The lowest BCUT2D eigenvalue weighted by Gasteiger charge is -2.21. The Bertz CT molecular complexity index is 580. The first-order valence-electron chi connectivity index (χ1n) is 7.16. The highest BCUT2D eigenvalue weighted by Crippen LogP contribution is 2.23. The van der Waals surface area contributed by atoms with Gasteiger partial charge >= 0.3 is 0 Å². The Balaban J connectivity index is 2.00. The number of hydrogen-bond acceptors (Lipinski definition) is 2. The maximum atomic E-state index is 13.0. The first-order chi connectivity index (χ1) is 10.1. The molecule has 112 valence electrons. The fourth-order valence-corrected chi connectivity index (χ4v) is 2.48. The van der Waals surface area contributed by atoms with Crippen molar-refractivity contribution in [3.8, 4) is 0 Å². The summed E-state index contributed by atoms with van der Waals surface area (Å²) >= 11 is 5.99. The molecule has 0 unspecified atom stereocenters. The van der Waals surface area contributed by atoms with Gasteiger partial charge in [-0.2, -0.15) is 0 Å². The predicted octanol–water partition coefficient (Wildman–Crippen LogP) is 4.94. The van der Waals surface area contributed by atoms with Crippen molar-refractivity contribution in [3.63, 3.8) is 0 Å². The number of anilines is 2. The van der Waals surface area contributed by atoms with Crippen molar-refractivity contribution in [2.24, 2.45) is 0 Å². The van der Waals surface area contributed by atoms with Gasteiger partial charge in [-0.25, -0.2) is 4.39 Å². The third kappa shape index (κ3) is 4.11. The topological polar surface area (TPSA) is 15.3 Å². The third-order valence-corrected chi connectivity index (χ3v) is 3.79. The lowest BCUT2D eigenvalue weighted by Crippen LogP contribution is -2.21. The quantitative estimate of drug-likeness (QED) is 0.813. The minimum absolute atomic E-state index is 0.325. The van der Waals surface area contributed by atoms with Gasteiger partial charge in [-0.15, -0.1) is 0 Å². The van der Waals surface area contributed by atoms with Crippen molar-refractivity contribution in [3.05, 3.63) is 58.9 Å². The monoisotopic (exact) mass is 306 g/mol. The Morgan fingerprint density at radius 1 is 1.05 bits per heavy atom. The smallest absolute Gasteiger partial charge is 0.124 e. The van der Waals surface area contributed by atoms with E-state index >= 15 is 0 Å². The Morgan fingerprint density at radius 2 is 1.71 bits per heavy atom. The summed E-state index contributed by atoms with van der Waals surface area (Å²) in [5, 5.41) is 3.62. The van der Waals surface area contributed by atoms with Crippen LogP contribution in [0, 0.1) is 5.82 Å². The van der Waals surface area contributed by atoms with Gasteiger partial charge in [-0.05, 0) is 49.7 Å². The molecule has 2 aromatic carbocycles. The summed E-state index contributed by atoms with van der Waals surface area (Å²) in [6, 6.07) is 12.8. The largest absolute Gasteiger partial charge is 0.380 e. The van der Waals surface area contributed by atoms with Crippen LogP contribution in [0.5, 0.6) is 0 Å². The number of nitrogens with zero attached hydrogens (tertiary/aromatic N) is 1. The van der Waals surface area contributed by atoms with E-state index in [1.807, 2.05) is 0 Å². The van der Waals surface area contributed by atoms with Crippen LogP contribution in [0.1, 0.15) is 19.4 Å². The molecule has 2 rings (SSSR count). The normalized spacial score (nSPS) is 10.5. The lowest BCUT2D eigenvalue weighted by molar-refractivity contribution is 0.628. The standard InChI is InChI=1S/C17H20ClFN2/c1-3-21(4-2)15-8-5-13(6-9-15)12-20-17-10-7-14(19)11-16(17)18/h5-11,20H,3-4,12H2,1-2H3. The number of hydrogen-bond donors (Lipinski definition) is 1. The Labute approximate surface area is 130 Å². The maximum Gasteiger partial charge on any atom is 0.124 e. The second-order valence-corrected chi connectivity index (χ2v) is 5.22. The van der Waals surface area contributed by atoms with Crippen LogP contribution < -0.4 is 10.2 Å². The van der Waals surface area contributed by atoms with Crippen LogP contribution in [-0.4, -0.2) is 13.1 Å². The van der Waals surface area contributed by atoms with E-state index in [0.717, 1.165) is 24.3 Å². The number of rotatable bonds is 6. The summed E-state index contributed by atoms with van der Waals surface area (Å²) in [5.41, 5.74) is 3.13. The fourth-order valence-electron chi connectivity index (χ4n) is 2.24. The molecule has 0 aliphatic rings. The summed E-state index contributed by atoms with van der Waals surface area (Å²) < 4.78 is 13.0. The summed E-state index contributed by atoms with van der Waals surface area (Å²) in [5.74, 6) is -0.325. The molecule has 2 aromatic rings. The molecule has 0 radical (unpaired) electrons. The SMILES string of the molecule is CCN(CC)c1ccc(CNc2ccc(F)cc2Cl)cc1.